The zero-order valence-corrected chi connectivity index (χ0v) is 15.8. The minimum atomic E-state index is 0.204. The summed E-state index contributed by atoms with van der Waals surface area (Å²) in [5.74, 6) is 0.907. The zero-order chi connectivity index (χ0) is 17.9. The Morgan fingerprint density at radius 3 is 2.64 bits per heavy atom. The molecule has 0 bridgehead atoms. The van der Waals surface area contributed by atoms with Crippen molar-refractivity contribution in [3.63, 3.8) is 0 Å². The number of likely N-dealkylation sites (N-methyl/N-ethyl adjacent to an activating group) is 1. The molecule has 0 atom stereocenters. The average molecular weight is 344 g/mol. The van der Waals surface area contributed by atoms with Crippen molar-refractivity contribution in [1.82, 2.24) is 15.1 Å². The molecule has 1 aromatic rings. The Hall–Kier alpha value is -1.65. The Morgan fingerprint density at radius 2 is 1.96 bits per heavy atom. The van der Waals surface area contributed by atoms with E-state index in [1.807, 2.05) is 20.2 Å². The summed E-state index contributed by atoms with van der Waals surface area (Å²) in [6.07, 6.45) is 8.58. The first-order valence-corrected chi connectivity index (χ1v) is 9.49. The van der Waals surface area contributed by atoms with Crippen molar-refractivity contribution >= 4 is 12.0 Å². The van der Waals surface area contributed by atoms with E-state index in [4.69, 9.17) is 0 Å². The highest BCUT2D eigenvalue weighted by Gasteiger charge is 2.19. The molecule has 0 spiro atoms. The Bertz CT molecular complexity index is 519. The molecule has 138 valence electrons. The van der Waals surface area contributed by atoms with Gasteiger partial charge in [0.25, 0.3) is 0 Å². The lowest BCUT2D eigenvalue weighted by Crippen LogP contribution is -2.35. The van der Waals surface area contributed by atoms with Crippen LogP contribution in [0.25, 0.3) is 6.08 Å². The highest BCUT2D eigenvalue weighted by molar-refractivity contribution is 5.75. The Labute approximate surface area is 152 Å². The molecule has 0 saturated carbocycles. The lowest BCUT2D eigenvalue weighted by molar-refractivity contribution is -0.121. The second-order valence-electron chi connectivity index (χ2n) is 7.25. The molecule has 0 unspecified atom stereocenters. The predicted molar refractivity (Wildman–Crippen MR) is 105 cm³/mol. The maximum Gasteiger partial charge on any atom is 0.220 e. The molecule has 0 aromatic heterocycles. The normalized spacial score (nSPS) is 16.6. The number of carbonyl (C=O) groups excluding carboxylic acids is 1. The van der Waals surface area contributed by atoms with Gasteiger partial charge in [-0.15, -0.1) is 0 Å². The monoisotopic (exact) mass is 343 g/mol. The van der Waals surface area contributed by atoms with Crippen LogP contribution in [-0.2, 0) is 4.79 Å². The van der Waals surface area contributed by atoms with Gasteiger partial charge in [-0.05, 0) is 57.9 Å². The number of hydrogen-bond acceptors (Lipinski definition) is 3. The number of amides is 1. The van der Waals surface area contributed by atoms with Crippen LogP contribution in [0.1, 0.15) is 31.2 Å². The van der Waals surface area contributed by atoms with E-state index >= 15 is 0 Å². The quantitative estimate of drug-likeness (QED) is 0.749. The first kappa shape index (κ1) is 19.7. The van der Waals surface area contributed by atoms with Gasteiger partial charge in [0.05, 0.1) is 0 Å². The van der Waals surface area contributed by atoms with Crippen molar-refractivity contribution in [3.05, 3.63) is 42.0 Å². The van der Waals surface area contributed by atoms with Gasteiger partial charge in [0, 0.05) is 26.1 Å². The Balaban J connectivity index is 1.57. The molecule has 1 heterocycles. The lowest BCUT2D eigenvalue weighted by atomic mass is 9.92. The van der Waals surface area contributed by atoms with E-state index in [1.54, 1.807) is 0 Å². The lowest BCUT2D eigenvalue weighted by Gasteiger charge is -2.31. The molecule has 4 nitrogen and oxygen atoms in total. The van der Waals surface area contributed by atoms with Crippen molar-refractivity contribution < 1.29 is 4.79 Å². The van der Waals surface area contributed by atoms with Crippen molar-refractivity contribution in [3.8, 4) is 0 Å². The van der Waals surface area contributed by atoms with E-state index in [0.29, 0.717) is 12.3 Å². The third kappa shape index (κ3) is 8.32. The summed E-state index contributed by atoms with van der Waals surface area (Å²) in [5, 5.41) is 3.01. The summed E-state index contributed by atoms with van der Waals surface area (Å²) in [6.45, 7) is 4.96. The highest BCUT2D eigenvalue weighted by atomic mass is 16.1. The van der Waals surface area contributed by atoms with Gasteiger partial charge in [0.2, 0.25) is 5.91 Å². The molecule has 25 heavy (non-hydrogen) atoms. The van der Waals surface area contributed by atoms with Crippen LogP contribution in [0.3, 0.4) is 0 Å². The number of nitrogens with one attached hydrogen (secondary N) is 1. The van der Waals surface area contributed by atoms with Gasteiger partial charge in [-0.1, -0.05) is 42.5 Å². The van der Waals surface area contributed by atoms with Gasteiger partial charge in [-0.25, -0.2) is 0 Å². The highest BCUT2D eigenvalue weighted by Crippen LogP contribution is 2.21. The first-order valence-electron chi connectivity index (χ1n) is 9.49. The topological polar surface area (TPSA) is 35.6 Å². The largest absolute Gasteiger partial charge is 0.355 e. The van der Waals surface area contributed by atoms with E-state index in [-0.39, 0.29) is 5.91 Å². The van der Waals surface area contributed by atoms with Gasteiger partial charge >= 0.3 is 0 Å². The standard InChI is InChI=1S/C21H33N3O/c1-23(2)18-14-22-21(25)11-10-20-12-16-24(17-13-20)15-6-9-19-7-4-3-5-8-19/h3-9,20H,10-18H2,1-2H3,(H,22,25). The van der Waals surface area contributed by atoms with Crippen LogP contribution >= 0.6 is 0 Å². The second kappa shape index (κ2) is 11.1. The minimum Gasteiger partial charge on any atom is -0.355 e. The molecule has 1 N–H and O–H groups in total. The maximum absolute atomic E-state index is 11.9. The molecule has 1 saturated heterocycles. The van der Waals surface area contributed by atoms with Crippen LogP contribution in [0, 0.1) is 5.92 Å². The second-order valence-corrected chi connectivity index (χ2v) is 7.25. The number of carbonyl (C=O) groups is 1. The van der Waals surface area contributed by atoms with Crippen molar-refractivity contribution in [2.45, 2.75) is 25.7 Å². The number of rotatable bonds is 9. The number of benzene rings is 1. The average Bonchev–Trinajstić information content (AvgIpc) is 2.62. The minimum absolute atomic E-state index is 0.204. The molecule has 2 rings (SSSR count). The molecule has 1 aliphatic rings. The third-order valence-corrected chi connectivity index (χ3v) is 4.84. The maximum atomic E-state index is 11.9. The summed E-state index contributed by atoms with van der Waals surface area (Å²) >= 11 is 0. The van der Waals surface area contributed by atoms with E-state index in [0.717, 1.165) is 39.1 Å². The molecule has 1 aliphatic heterocycles. The van der Waals surface area contributed by atoms with Gasteiger partial charge in [-0.3, -0.25) is 9.69 Å². The summed E-state index contributed by atoms with van der Waals surface area (Å²) in [7, 11) is 4.05. The molecule has 0 aliphatic carbocycles. The fraction of sp³-hybridized carbons (Fsp3) is 0.571. The zero-order valence-electron chi connectivity index (χ0n) is 15.8. The first-order chi connectivity index (χ1) is 12.1. The SMILES string of the molecule is CN(C)CCNC(=O)CCC1CCN(CC=Cc2ccccc2)CC1. The molecule has 0 radical (unpaired) electrons. The molecule has 4 heteroatoms. The van der Waals surface area contributed by atoms with Gasteiger partial charge in [-0.2, -0.15) is 0 Å². The van der Waals surface area contributed by atoms with Crippen LogP contribution < -0.4 is 5.32 Å². The number of nitrogens with zero attached hydrogens (tertiary/aromatic N) is 2. The molecular weight excluding hydrogens is 310 g/mol. The van der Waals surface area contributed by atoms with Gasteiger partial charge in [0.1, 0.15) is 0 Å². The predicted octanol–water partition coefficient (Wildman–Crippen LogP) is 2.87. The summed E-state index contributed by atoms with van der Waals surface area (Å²) in [4.78, 5) is 16.5. The number of likely N-dealkylation sites (tertiary alicyclic amines) is 1. The van der Waals surface area contributed by atoms with Crippen LogP contribution in [-0.4, -0.2) is 62.5 Å². The molecule has 1 fully saturated rings. The van der Waals surface area contributed by atoms with E-state index in [9.17, 15) is 4.79 Å². The van der Waals surface area contributed by atoms with Crippen LogP contribution in [0.2, 0.25) is 0 Å². The summed E-state index contributed by atoms with van der Waals surface area (Å²) in [5.41, 5.74) is 1.26. The summed E-state index contributed by atoms with van der Waals surface area (Å²) in [6, 6.07) is 10.5. The third-order valence-electron chi connectivity index (χ3n) is 4.84. The number of hydrogen-bond donors (Lipinski definition) is 1. The Morgan fingerprint density at radius 1 is 1.24 bits per heavy atom. The van der Waals surface area contributed by atoms with Crippen LogP contribution in [0.5, 0.6) is 0 Å². The van der Waals surface area contributed by atoms with Crippen LogP contribution in [0.4, 0.5) is 0 Å². The fourth-order valence-electron chi connectivity index (χ4n) is 3.20. The number of piperidine rings is 1. The van der Waals surface area contributed by atoms with E-state index < -0.39 is 0 Å². The Kier molecular flexibility index (Phi) is 8.70. The van der Waals surface area contributed by atoms with Crippen molar-refractivity contribution in [2.75, 3.05) is 46.8 Å². The van der Waals surface area contributed by atoms with E-state index in [1.165, 1.54) is 18.4 Å². The van der Waals surface area contributed by atoms with Crippen LogP contribution in [0.15, 0.2) is 36.4 Å². The van der Waals surface area contributed by atoms with Gasteiger partial charge in [0.15, 0.2) is 0 Å². The summed E-state index contributed by atoms with van der Waals surface area (Å²) < 4.78 is 0. The molecular formula is C21H33N3O. The van der Waals surface area contributed by atoms with Crippen molar-refractivity contribution in [2.24, 2.45) is 5.92 Å². The van der Waals surface area contributed by atoms with E-state index in [2.05, 4.69) is 51.5 Å². The fourth-order valence-corrected chi connectivity index (χ4v) is 3.20. The van der Waals surface area contributed by atoms with Gasteiger partial charge < -0.3 is 10.2 Å². The smallest absolute Gasteiger partial charge is 0.220 e. The molecule has 1 aromatic carbocycles. The molecule has 1 amide bonds. The van der Waals surface area contributed by atoms with Crippen molar-refractivity contribution in [1.29, 1.82) is 0 Å².